The lowest BCUT2D eigenvalue weighted by Crippen LogP contribution is -2.46. The topological polar surface area (TPSA) is 49.4 Å². The van der Waals surface area contributed by atoms with Crippen LogP contribution in [0.25, 0.3) is 0 Å². The van der Waals surface area contributed by atoms with Crippen LogP contribution in [0.15, 0.2) is 24.3 Å². The van der Waals surface area contributed by atoms with Gasteiger partial charge in [0, 0.05) is 19.5 Å². The van der Waals surface area contributed by atoms with Crippen LogP contribution in [0.2, 0.25) is 0 Å². The second kappa shape index (κ2) is 32.4. The number of likely N-dealkylation sites (tertiary alicyclic amines) is 1. The van der Waals surface area contributed by atoms with E-state index in [0.29, 0.717) is 6.42 Å². The summed E-state index contributed by atoms with van der Waals surface area (Å²) in [4.78, 5) is 27.5. The molecule has 0 aromatic carbocycles. The highest BCUT2D eigenvalue weighted by molar-refractivity contribution is 5.88. The summed E-state index contributed by atoms with van der Waals surface area (Å²) in [6, 6.07) is -0.241. The summed E-state index contributed by atoms with van der Waals surface area (Å²) in [7, 11) is 0. The lowest BCUT2D eigenvalue weighted by Gasteiger charge is -2.24. The fourth-order valence-corrected chi connectivity index (χ4v) is 6.53. The summed E-state index contributed by atoms with van der Waals surface area (Å²) in [5.74, 6) is 0.251. The Balaban J connectivity index is 1.95. The molecule has 4 nitrogen and oxygen atoms in total. The van der Waals surface area contributed by atoms with Gasteiger partial charge in [-0.15, -0.1) is 0 Å². The first-order chi connectivity index (χ1) is 22.2. The molecule has 1 rings (SSSR count). The molecule has 0 radical (unpaired) electrons. The maximum atomic E-state index is 12.9. The van der Waals surface area contributed by atoms with Gasteiger partial charge in [0.1, 0.15) is 6.04 Å². The predicted octanol–water partition coefficient (Wildman–Crippen LogP) is 12.2. The van der Waals surface area contributed by atoms with E-state index < -0.39 is 0 Å². The quantitative estimate of drug-likeness (QED) is 0.0595. The normalized spacial score (nSPS) is 15.2. The molecule has 4 heteroatoms. The molecule has 0 aromatic heterocycles. The molecule has 1 fully saturated rings. The van der Waals surface area contributed by atoms with Gasteiger partial charge in [0.25, 0.3) is 0 Å². The van der Waals surface area contributed by atoms with Crippen LogP contribution in [0, 0.1) is 0 Å². The molecule has 2 amide bonds. The third kappa shape index (κ3) is 25.2. The van der Waals surface area contributed by atoms with Crippen LogP contribution < -0.4 is 5.32 Å². The molecular formula is C41H76N2O2. The third-order valence-corrected chi connectivity index (χ3v) is 9.52. The van der Waals surface area contributed by atoms with Crippen molar-refractivity contribution in [2.45, 2.75) is 213 Å². The van der Waals surface area contributed by atoms with Gasteiger partial charge < -0.3 is 10.2 Å². The number of allylic oxidation sites excluding steroid dienone is 4. The SMILES string of the molecule is CCCCCCCCC=CCCCCCCCCNC(=O)C1CCCN1C(=O)CCCCCCCC=CCCCCCCCC. The maximum absolute atomic E-state index is 12.9. The van der Waals surface area contributed by atoms with Gasteiger partial charge in [0.05, 0.1) is 0 Å². The highest BCUT2D eigenvalue weighted by atomic mass is 16.2. The first kappa shape index (κ1) is 41.4. The van der Waals surface area contributed by atoms with Crippen molar-refractivity contribution in [2.75, 3.05) is 13.1 Å². The maximum Gasteiger partial charge on any atom is 0.242 e. The summed E-state index contributed by atoms with van der Waals surface area (Å²) < 4.78 is 0. The predicted molar refractivity (Wildman–Crippen MR) is 197 cm³/mol. The number of hydrogen-bond acceptors (Lipinski definition) is 2. The number of nitrogens with zero attached hydrogens (tertiary/aromatic N) is 1. The summed E-state index contributed by atoms with van der Waals surface area (Å²) in [6.45, 7) is 6.04. The van der Waals surface area contributed by atoms with Crippen molar-refractivity contribution < 1.29 is 9.59 Å². The summed E-state index contributed by atoms with van der Waals surface area (Å²) in [6.07, 6.45) is 46.4. The highest BCUT2D eigenvalue weighted by Crippen LogP contribution is 2.20. The van der Waals surface area contributed by atoms with Gasteiger partial charge in [0.15, 0.2) is 0 Å². The van der Waals surface area contributed by atoms with Crippen LogP contribution >= 0.6 is 0 Å². The van der Waals surface area contributed by atoms with Gasteiger partial charge in [0.2, 0.25) is 11.8 Å². The van der Waals surface area contributed by atoms with Gasteiger partial charge >= 0.3 is 0 Å². The molecule has 1 unspecified atom stereocenters. The van der Waals surface area contributed by atoms with Gasteiger partial charge in [-0.05, 0) is 77.0 Å². The minimum atomic E-state index is -0.241. The van der Waals surface area contributed by atoms with E-state index in [1.165, 1.54) is 154 Å². The fraction of sp³-hybridized carbons (Fsp3) is 0.854. The third-order valence-electron chi connectivity index (χ3n) is 9.52. The molecule has 0 bridgehead atoms. The van der Waals surface area contributed by atoms with E-state index in [1.807, 2.05) is 4.90 Å². The average Bonchev–Trinajstić information content (AvgIpc) is 3.55. The van der Waals surface area contributed by atoms with Crippen molar-refractivity contribution >= 4 is 11.8 Å². The minimum absolute atomic E-state index is 0.0677. The van der Waals surface area contributed by atoms with Gasteiger partial charge in [-0.3, -0.25) is 9.59 Å². The molecule has 1 heterocycles. The Morgan fingerprint density at radius 1 is 0.556 bits per heavy atom. The van der Waals surface area contributed by atoms with E-state index in [1.54, 1.807) is 0 Å². The van der Waals surface area contributed by atoms with Crippen LogP contribution in [0.1, 0.15) is 206 Å². The summed E-state index contributed by atoms with van der Waals surface area (Å²) in [5, 5.41) is 3.13. The first-order valence-corrected chi connectivity index (χ1v) is 20.1. The Morgan fingerprint density at radius 2 is 0.956 bits per heavy atom. The molecule has 1 saturated heterocycles. The molecule has 1 N–H and O–H groups in total. The monoisotopic (exact) mass is 629 g/mol. The Kier molecular flexibility index (Phi) is 29.8. The Labute approximate surface area is 281 Å². The molecule has 1 aliphatic heterocycles. The molecule has 0 aromatic rings. The van der Waals surface area contributed by atoms with E-state index in [4.69, 9.17) is 0 Å². The number of rotatable bonds is 32. The largest absolute Gasteiger partial charge is 0.354 e. The second-order valence-electron chi connectivity index (χ2n) is 13.8. The van der Waals surface area contributed by atoms with Gasteiger partial charge in [-0.1, -0.05) is 147 Å². The average molecular weight is 629 g/mol. The van der Waals surface area contributed by atoms with Crippen molar-refractivity contribution in [3.63, 3.8) is 0 Å². The molecule has 0 spiro atoms. The summed E-state index contributed by atoms with van der Waals surface area (Å²) in [5.41, 5.74) is 0. The molecule has 0 aliphatic carbocycles. The van der Waals surface area contributed by atoms with Crippen molar-refractivity contribution in [1.29, 1.82) is 0 Å². The lowest BCUT2D eigenvalue weighted by molar-refractivity contribution is -0.138. The van der Waals surface area contributed by atoms with Crippen molar-refractivity contribution in [2.24, 2.45) is 0 Å². The number of hydrogen-bond donors (Lipinski definition) is 1. The smallest absolute Gasteiger partial charge is 0.242 e. The molecule has 262 valence electrons. The molecule has 0 saturated carbocycles. The molecule has 1 atom stereocenters. The second-order valence-corrected chi connectivity index (χ2v) is 13.8. The number of carbonyl (C=O) groups excluding carboxylic acids is 2. The Hall–Kier alpha value is -1.58. The van der Waals surface area contributed by atoms with Crippen LogP contribution in [-0.2, 0) is 9.59 Å². The fourth-order valence-electron chi connectivity index (χ4n) is 6.53. The first-order valence-electron chi connectivity index (χ1n) is 20.1. The van der Waals surface area contributed by atoms with E-state index in [0.717, 1.165) is 45.2 Å². The van der Waals surface area contributed by atoms with E-state index in [9.17, 15) is 9.59 Å². The molecular weight excluding hydrogens is 552 g/mol. The van der Waals surface area contributed by atoms with Crippen LogP contribution in [0.4, 0.5) is 0 Å². The van der Waals surface area contributed by atoms with Crippen LogP contribution in [0.3, 0.4) is 0 Å². The zero-order valence-corrected chi connectivity index (χ0v) is 30.3. The van der Waals surface area contributed by atoms with Gasteiger partial charge in [-0.2, -0.15) is 0 Å². The molecule has 45 heavy (non-hydrogen) atoms. The number of nitrogens with one attached hydrogen (secondary N) is 1. The lowest BCUT2D eigenvalue weighted by atomic mass is 10.1. The van der Waals surface area contributed by atoms with Crippen LogP contribution in [0.5, 0.6) is 0 Å². The number of unbranched alkanes of at least 4 members (excludes halogenated alkanes) is 23. The standard InChI is InChI=1S/C41H76N2O2/c1-3-5-7-9-11-13-15-17-19-21-23-25-27-29-31-33-37-42-41(45)39-35-34-38-43(39)40(44)36-32-30-28-26-24-22-20-18-16-14-12-10-8-6-4-2/h17-20,39H,3-16,21-38H2,1-2H3,(H,42,45). The highest BCUT2D eigenvalue weighted by Gasteiger charge is 2.33. The number of carbonyl (C=O) groups is 2. The Morgan fingerprint density at radius 3 is 1.42 bits per heavy atom. The zero-order chi connectivity index (χ0) is 32.5. The van der Waals surface area contributed by atoms with Crippen LogP contribution in [-0.4, -0.2) is 35.8 Å². The van der Waals surface area contributed by atoms with Crippen molar-refractivity contribution in [3.8, 4) is 0 Å². The van der Waals surface area contributed by atoms with Crippen molar-refractivity contribution in [1.82, 2.24) is 10.2 Å². The van der Waals surface area contributed by atoms with Crippen molar-refractivity contribution in [3.05, 3.63) is 24.3 Å². The number of amides is 2. The zero-order valence-electron chi connectivity index (χ0n) is 30.3. The van der Waals surface area contributed by atoms with E-state index in [-0.39, 0.29) is 17.9 Å². The van der Waals surface area contributed by atoms with E-state index >= 15 is 0 Å². The van der Waals surface area contributed by atoms with E-state index in [2.05, 4.69) is 43.5 Å². The van der Waals surface area contributed by atoms with Gasteiger partial charge in [-0.25, -0.2) is 0 Å². The summed E-state index contributed by atoms with van der Waals surface area (Å²) >= 11 is 0. The molecule has 1 aliphatic rings. The minimum Gasteiger partial charge on any atom is -0.354 e. The Bertz CT molecular complexity index is 731.